The summed E-state index contributed by atoms with van der Waals surface area (Å²) in [4.78, 5) is 39.9. The van der Waals surface area contributed by atoms with E-state index in [0.717, 1.165) is 11.1 Å². The molecule has 1 aromatic rings. The molecule has 1 saturated heterocycles. The topological polar surface area (TPSA) is 87.5 Å². The van der Waals surface area contributed by atoms with Crippen molar-refractivity contribution >= 4 is 23.4 Å². The zero-order valence-electron chi connectivity index (χ0n) is 13.8. The van der Waals surface area contributed by atoms with Gasteiger partial charge < -0.3 is 4.84 Å². The van der Waals surface area contributed by atoms with Crippen LogP contribution in [0.15, 0.2) is 30.3 Å². The number of carbonyl (C=O) groups is 3. The SMILES string of the molecule is CC(C)(C)/C(=C/C#N)c1ccc(C(=O)ON2C(=O)CCC2=O)cc1. The average molecular weight is 326 g/mol. The molecule has 1 aromatic carbocycles. The lowest BCUT2D eigenvalue weighted by Crippen LogP contribution is -2.32. The monoisotopic (exact) mass is 326 g/mol. The molecule has 2 rings (SSSR count). The van der Waals surface area contributed by atoms with Crippen molar-refractivity contribution in [1.29, 1.82) is 5.26 Å². The normalized spacial score (nSPS) is 15.4. The summed E-state index contributed by atoms with van der Waals surface area (Å²) >= 11 is 0. The van der Waals surface area contributed by atoms with Crippen LogP contribution in [0.5, 0.6) is 0 Å². The molecule has 0 spiro atoms. The van der Waals surface area contributed by atoms with E-state index in [4.69, 9.17) is 10.1 Å². The fraction of sp³-hybridized carbons (Fsp3) is 0.333. The summed E-state index contributed by atoms with van der Waals surface area (Å²) in [7, 11) is 0. The molecular weight excluding hydrogens is 308 g/mol. The molecule has 0 unspecified atom stereocenters. The Morgan fingerprint density at radius 1 is 1.12 bits per heavy atom. The van der Waals surface area contributed by atoms with Crippen molar-refractivity contribution in [1.82, 2.24) is 5.06 Å². The van der Waals surface area contributed by atoms with Gasteiger partial charge in [0.2, 0.25) is 0 Å². The van der Waals surface area contributed by atoms with Gasteiger partial charge in [-0.3, -0.25) is 9.59 Å². The van der Waals surface area contributed by atoms with Gasteiger partial charge >= 0.3 is 5.97 Å². The lowest BCUT2D eigenvalue weighted by atomic mass is 9.82. The number of hydrogen-bond donors (Lipinski definition) is 0. The van der Waals surface area contributed by atoms with Gasteiger partial charge in [0.05, 0.1) is 11.6 Å². The van der Waals surface area contributed by atoms with Gasteiger partial charge in [0.25, 0.3) is 11.8 Å². The maximum absolute atomic E-state index is 12.1. The molecule has 6 nitrogen and oxygen atoms in total. The standard InChI is InChI=1S/C18H18N2O4/c1-18(2,3)14(10-11-19)12-4-6-13(7-5-12)17(23)24-20-15(21)8-9-16(20)22/h4-7,10H,8-9H2,1-3H3/b14-10+. The van der Waals surface area contributed by atoms with Crippen molar-refractivity contribution in [3.63, 3.8) is 0 Å². The molecule has 2 amide bonds. The van der Waals surface area contributed by atoms with Gasteiger partial charge in [-0.1, -0.05) is 32.9 Å². The summed E-state index contributed by atoms with van der Waals surface area (Å²) in [6, 6.07) is 8.53. The Labute approximate surface area is 140 Å². The van der Waals surface area contributed by atoms with Crippen LogP contribution in [0.25, 0.3) is 5.57 Å². The molecule has 0 N–H and O–H groups in total. The van der Waals surface area contributed by atoms with E-state index in [1.54, 1.807) is 24.3 Å². The van der Waals surface area contributed by atoms with Crippen molar-refractivity contribution in [3.05, 3.63) is 41.5 Å². The van der Waals surface area contributed by atoms with Crippen molar-refractivity contribution in [2.75, 3.05) is 0 Å². The minimum Gasteiger partial charge on any atom is -0.325 e. The zero-order valence-corrected chi connectivity index (χ0v) is 13.8. The minimum absolute atomic E-state index is 0.0545. The first-order chi connectivity index (χ1) is 11.2. The summed E-state index contributed by atoms with van der Waals surface area (Å²) in [6.45, 7) is 5.97. The molecule has 0 bridgehead atoms. The third-order valence-electron chi connectivity index (χ3n) is 3.63. The number of carbonyl (C=O) groups excluding carboxylic acids is 3. The van der Waals surface area contributed by atoms with Crippen molar-refractivity contribution in [2.45, 2.75) is 33.6 Å². The lowest BCUT2D eigenvalue weighted by molar-refractivity contribution is -0.172. The van der Waals surface area contributed by atoms with Gasteiger partial charge in [-0.05, 0) is 28.7 Å². The number of nitriles is 1. The van der Waals surface area contributed by atoms with Crippen LogP contribution in [-0.4, -0.2) is 22.8 Å². The van der Waals surface area contributed by atoms with Crippen LogP contribution in [0.1, 0.15) is 49.5 Å². The van der Waals surface area contributed by atoms with E-state index >= 15 is 0 Å². The van der Waals surface area contributed by atoms with Crippen molar-refractivity contribution < 1.29 is 19.2 Å². The number of imide groups is 1. The summed E-state index contributed by atoms with van der Waals surface area (Å²) in [6.07, 6.45) is 1.59. The van der Waals surface area contributed by atoms with Crippen LogP contribution in [0.3, 0.4) is 0 Å². The Morgan fingerprint density at radius 3 is 2.08 bits per heavy atom. The van der Waals surface area contributed by atoms with Gasteiger partial charge in [0.1, 0.15) is 0 Å². The molecule has 0 atom stereocenters. The van der Waals surface area contributed by atoms with Crippen LogP contribution in [0.4, 0.5) is 0 Å². The number of allylic oxidation sites excluding steroid dienone is 2. The van der Waals surface area contributed by atoms with E-state index < -0.39 is 17.8 Å². The third-order valence-corrected chi connectivity index (χ3v) is 3.63. The van der Waals surface area contributed by atoms with Gasteiger partial charge in [-0.25, -0.2) is 4.79 Å². The van der Waals surface area contributed by atoms with Gasteiger partial charge in [0.15, 0.2) is 0 Å². The summed E-state index contributed by atoms with van der Waals surface area (Å²) < 4.78 is 0. The molecule has 1 heterocycles. The number of rotatable bonds is 3. The molecule has 0 aromatic heterocycles. The minimum atomic E-state index is -0.772. The lowest BCUT2D eigenvalue weighted by Gasteiger charge is -2.22. The zero-order chi connectivity index (χ0) is 17.9. The van der Waals surface area contributed by atoms with E-state index in [1.807, 2.05) is 26.8 Å². The fourth-order valence-electron chi connectivity index (χ4n) is 2.38. The molecule has 1 aliphatic rings. The second-order valence-electron chi connectivity index (χ2n) is 6.48. The number of amides is 2. The Morgan fingerprint density at radius 2 is 1.62 bits per heavy atom. The molecule has 1 fully saturated rings. The highest BCUT2D eigenvalue weighted by Crippen LogP contribution is 2.33. The first-order valence-corrected chi connectivity index (χ1v) is 7.53. The molecule has 124 valence electrons. The quantitative estimate of drug-likeness (QED) is 0.629. The predicted molar refractivity (Wildman–Crippen MR) is 86.0 cm³/mol. The molecular formula is C18H18N2O4. The summed E-state index contributed by atoms with van der Waals surface area (Å²) in [5.74, 6) is -1.80. The smallest absolute Gasteiger partial charge is 0.325 e. The highest BCUT2D eigenvalue weighted by Gasteiger charge is 2.33. The van der Waals surface area contributed by atoms with Gasteiger partial charge in [0, 0.05) is 18.9 Å². The largest absolute Gasteiger partial charge is 0.363 e. The van der Waals surface area contributed by atoms with Gasteiger partial charge in [-0.15, -0.1) is 5.06 Å². The second kappa shape index (κ2) is 6.67. The Bertz CT molecular complexity index is 733. The molecule has 0 radical (unpaired) electrons. The van der Waals surface area contributed by atoms with E-state index in [9.17, 15) is 14.4 Å². The van der Waals surface area contributed by atoms with E-state index in [2.05, 4.69) is 0 Å². The highest BCUT2D eigenvalue weighted by atomic mass is 16.7. The predicted octanol–water partition coefficient (Wildman–Crippen LogP) is 2.86. The van der Waals surface area contributed by atoms with Crippen LogP contribution < -0.4 is 0 Å². The molecule has 0 aliphatic carbocycles. The van der Waals surface area contributed by atoms with E-state index in [0.29, 0.717) is 5.06 Å². The Kier molecular flexibility index (Phi) is 4.84. The van der Waals surface area contributed by atoms with Crippen molar-refractivity contribution in [3.8, 4) is 6.07 Å². The number of nitrogens with zero attached hydrogens (tertiary/aromatic N) is 2. The second-order valence-corrected chi connectivity index (χ2v) is 6.48. The van der Waals surface area contributed by atoms with Crippen molar-refractivity contribution in [2.24, 2.45) is 5.41 Å². The molecule has 24 heavy (non-hydrogen) atoms. The maximum Gasteiger partial charge on any atom is 0.363 e. The van der Waals surface area contributed by atoms with Crippen LogP contribution in [0, 0.1) is 16.7 Å². The molecule has 6 heteroatoms. The highest BCUT2D eigenvalue weighted by molar-refractivity contribution is 6.02. The summed E-state index contributed by atoms with van der Waals surface area (Å²) in [5.41, 5.74) is 1.65. The van der Waals surface area contributed by atoms with Gasteiger partial charge in [-0.2, -0.15) is 5.26 Å². The number of benzene rings is 1. The average Bonchev–Trinajstić information content (AvgIpc) is 2.83. The first-order valence-electron chi connectivity index (χ1n) is 7.53. The Balaban J connectivity index is 2.19. The third kappa shape index (κ3) is 3.69. The molecule has 0 saturated carbocycles. The molecule has 1 aliphatic heterocycles. The first kappa shape index (κ1) is 17.4. The summed E-state index contributed by atoms with van der Waals surface area (Å²) in [5, 5.41) is 9.46. The van der Waals surface area contributed by atoms with E-state index in [1.165, 1.54) is 6.08 Å². The Hall–Kier alpha value is -2.94. The van der Waals surface area contributed by atoms with E-state index in [-0.39, 0.29) is 23.8 Å². The maximum atomic E-state index is 12.1. The van der Waals surface area contributed by atoms with Crippen LogP contribution in [0.2, 0.25) is 0 Å². The number of hydrogen-bond acceptors (Lipinski definition) is 5. The van der Waals surface area contributed by atoms with Crippen LogP contribution >= 0.6 is 0 Å². The fourth-order valence-corrected chi connectivity index (χ4v) is 2.38. The number of hydroxylamine groups is 2. The van der Waals surface area contributed by atoms with Crippen LogP contribution in [-0.2, 0) is 14.4 Å².